The lowest BCUT2D eigenvalue weighted by atomic mass is 9.99. The van der Waals surface area contributed by atoms with E-state index in [1.54, 1.807) is 0 Å². The predicted molar refractivity (Wildman–Crippen MR) is 193 cm³/mol. The Morgan fingerprint density at radius 3 is 1.79 bits per heavy atom. The maximum atomic E-state index is 6.54. The molecular formula is C42H24N4O2. The Morgan fingerprint density at radius 1 is 0.458 bits per heavy atom. The summed E-state index contributed by atoms with van der Waals surface area (Å²) in [7, 11) is 0. The van der Waals surface area contributed by atoms with Crippen molar-refractivity contribution in [3.63, 3.8) is 0 Å². The molecule has 11 rings (SSSR count). The third-order valence-electron chi connectivity index (χ3n) is 9.54. The second-order valence-electron chi connectivity index (χ2n) is 12.2. The summed E-state index contributed by atoms with van der Waals surface area (Å²) >= 11 is 0. The van der Waals surface area contributed by atoms with E-state index in [9.17, 15) is 0 Å². The van der Waals surface area contributed by atoms with E-state index in [0.717, 1.165) is 99.9 Å². The van der Waals surface area contributed by atoms with Gasteiger partial charge in [-0.3, -0.25) is 8.97 Å². The van der Waals surface area contributed by atoms with E-state index in [0.29, 0.717) is 0 Å². The first-order valence-electron chi connectivity index (χ1n) is 16.0. The number of hydrogen-bond acceptors (Lipinski definition) is 4. The van der Waals surface area contributed by atoms with E-state index in [2.05, 4.69) is 118 Å². The number of hydrogen-bond donors (Lipinski definition) is 0. The SMILES string of the molecule is c1ccc2c(c1)nc1n(-c3cc(-c4cccc5c4oc4ccccc45)cc(-c4cccc5c4oc4ccccc45)n3)c3ccccc3n21. The molecule has 0 aliphatic heterocycles. The molecule has 0 aliphatic carbocycles. The smallest absolute Gasteiger partial charge is 0.221 e. The second kappa shape index (κ2) is 9.44. The van der Waals surface area contributed by atoms with Crippen LogP contribution in [0.4, 0.5) is 0 Å². The summed E-state index contributed by atoms with van der Waals surface area (Å²) in [6.07, 6.45) is 0. The van der Waals surface area contributed by atoms with Gasteiger partial charge in [0, 0.05) is 32.7 Å². The molecule has 48 heavy (non-hydrogen) atoms. The van der Waals surface area contributed by atoms with Crippen LogP contribution in [0.5, 0.6) is 0 Å². The maximum absolute atomic E-state index is 6.54. The van der Waals surface area contributed by atoms with Gasteiger partial charge in [0.2, 0.25) is 5.78 Å². The molecule has 224 valence electrons. The van der Waals surface area contributed by atoms with E-state index in [4.69, 9.17) is 18.8 Å². The van der Waals surface area contributed by atoms with Gasteiger partial charge in [0.15, 0.2) is 0 Å². The molecule has 0 radical (unpaired) electrons. The van der Waals surface area contributed by atoms with Crippen LogP contribution in [0.2, 0.25) is 0 Å². The van der Waals surface area contributed by atoms with Crippen LogP contribution in [0, 0.1) is 0 Å². The minimum Gasteiger partial charge on any atom is -0.455 e. The standard InChI is InChI=1S/C42H24N4O2/c1-7-21-37-27(11-1)29-14-9-13-26(40(29)47-37)25-23-33(31-16-10-15-30-28-12-2-8-22-38(28)48-41(30)31)43-39(24-25)46-36-20-6-5-19-35(36)45-34-18-4-3-17-32(34)44-42(45)46/h1-24H. The van der Waals surface area contributed by atoms with E-state index < -0.39 is 0 Å². The van der Waals surface area contributed by atoms with Gasteiger partial charge in [-0.2, -0.15) is 0 Å². The van der Waals surface area contributed by atoms with Gasteiger partial charge < -0.3 is 8.83 Å². The van der Waals surface area contributed by atoms with E-state index in [1.165, 1.54) is 0 Å². The van der Waals surface area contributed by atoms with E-state index >= 15 is 0 Å². The van der Waals surface area contributed by atoms with Crippen molar-refractivity contribution >= 4 is 71.7 Å². The van der Waals surface area contributed by atoms with Crippen molar-refractivity contribution in [3.05, 3.63) is 146 Å². The van der Waals surface area contributed by atoms with Gasteiger partial charge in [-0.05, 0) is 60.2 Å². The van der Waals surface area contributed by atoms with Gasteiger partial charge in [-0.15, -0.1) is 0 Å². The van der Waals surface area contributed by atoms with E-state index in [1.807, 2.05) is 36.4 Å². The number of pyridine rings is 1. The van der Waals surface area contributed by atoms with Gasteiger partial charge in [0.05, 0.1) is 27.8 Å². The third kappa shape index (κ3) is 3.46. The summed E-state index contributed by atoms with van der Waals surface area (Å²) in [6.45, 7) is 0. The Bertz CT molecular complexity index is 2950. The van der Waals surface area contributed by atoms with Crippen molar-refractivity contribution in [1.29, 1.82) is 0 Å². The first-order valence-corrected chi connectivity index (χ1v) is 16.0. The fraction of sp³-hybridized carbons (Fsp3) is 0. The Balaban J connectivity index is 1.27. The quantitative estimate of drug-likeness (QED) is 0.198. The number of furan rings is 2. The molecule has 5 aromatic heterocycles. The van der Waals surface area contributed by atoms with Crippen molar-refractivity contribution in [2.45, 2.75) is 0 Å². The Morgan fingerprint density at radius 2 is 1.04 bits per heavy atom. The summed E-state index contributed by atoms with van der Waals surface area (Å²) in [6, 6.07) is 50.0. The van der Waals surface area contributed by atoms with Crippen molar-refractivity contribution in [2.24, 2.45) is 0 Å². The highest BCUT2D eigenvalue weighted by atomic mass is 16.3. The number of aromatic nitrogens is 4. The van der Waals surface area contributed by atoms with Crippen molar-refractivity contribution in [2.75, 3.05) is 0 Å². The predicted octanol–water partition coefficient (Wildman–Crippen LogP) is 11.0. The highest BCUT2D eigenvalue weighted by molar-refractivity contribution is 6.11. The topological polar surface area (TPSA) is 61.4 Å². The number of benzene rings is 6. The largest absolute Gasteiger partial charge is 0.455 e. The molecule has 0 atom stereocenters. The Labute approximate surface area is 272 Å². The zero-order valence-electron chi connectivity index (χ0n) is 25.5. The molecule has 0 spiro atoms. The molecule has 6 heteroatoms. The van der Waals surface area contributed by atoms with Crippen LogP contribution in [0.3, 0.4) is 0 Å². The fourth-order valence-electron chi connectivity index (χ4n) is 7.42. The number of nitrogens with zero attached hydrogens (tertiary/aromatic N) is 4. The molecule has 0 aliphatic rings. The monoisotopic (exact) mass is 616 g/mol. The number of fused-ring (bicyclic) bond motifs is 11. The molecule has 0 fully saturated rings. The molecule has 11 aromatic rings. The molecule has 6 nitrogen and oxygen atoms in total. The average Bonchev–Trinajstić information content (AvgIpc) is 3.89. The molecule has 0 saturated carbocycles. The molecule has 5 heterocycles. The maximum Gasteiger partial charge on any atom is 0.221 e. The minimum atomic E-state index is 0.755. The molecule has 0 saturated heterocycles. The van der Waals surface area contributed by atoms with Crippen LogP contribution in [0.15, 0.2) is 154 Å². The van der Waals surface area contributed by atoms with Gasteiger partial charge >= 0.3 is 0 Å². The summed E-state index contributed by atoms with van der Waals surface area (Å²) in [5.74, 6) is 1.56. The van der Waals surface area contributed by atoms with Crippen LogP contribution < -0.4 is 0 Å². The van der Waals surface area contributed by atoms with Gasteiger partial charge in [0.1, 0.15) is 28.1 Å². The first-order chi connectivity index (χ1) is 23.8. The zero-order chi connectivity index (χ0) is 31.3. The molecule has 0 N–H and O–H groups in total. The normalized spacial score (nSPS) is 12.2. The van der Waals surface area contributed by atoms with Crippen LogP contribution in [-0.2, 0) is 0 Å². The highest BCUT2D eigenvalue weighted by Gasteiger charge is 2.22. The Hall–Kier alpha value is -6.66. The number of imidazole rings is 2. The van der Waals surface area contributed by atoms with Gasteiger partial charge in [-0.25, -0.2) is 9.97 Å². The number of rotatable bonds is 3. The Kier molecular flexibility index (Phi) is 5.02. The molecular weight excluding hydrogens is 592 g/mol. The highest BCUT2D eigenvalue weighted by Crippen LogP contribution is 2.40. The molecule has 0 amide bonds. The average molecular weight is 617 g/mol. The van der Waals surface area contributed by atoms with Crippen molar-refractivity contribution in [3.8, 4) is 28.2 Å². The lowest BCUT2D eigenvalue weighted by Crippen LogP contribution is -2.01. The van der Waals surface area contributed by atoms with Crippen LogP contribution in [0.1, 0.15) is 0 Å². The summed E-state index contributed by atoms with van der Waals surface area (Å²) in [4.78, 5) is 10.5. The number of para-hydroxylation sites is 8. The van der Waals surface area contributed by atoms with E-state index in [-0.39, 0.29) is 0 Å². The summed E-state index contributed by atoms with van der Waals surface area (Å²) < 4.78 is 17.5. The second-order valence-corrected chi connectivity index (χ2v) is 12.2. The molecule has 6 aromatic carbocycles. The summed E-state index contributed by atoms with van der Waals surface area (Å²) in [5, 5.41) is 4.32. The minimum absolute atomic E-state index is 0.755. The molecule has 0 unspecified atom stereocenters. The first kappa shape index (κ1) is 25.5. The van der Waals surface area contributed by atoms with Gasteiger partial charge in [-0.1, -0.05) is 91.0 Å². The lowest BCUT2D eigenvalue weighted by molar-refractivity contribution is 0.669. The van der Waals surface area contributed by atoms with Crippen LogP contribution in [-0.4, -0.2) is 18.9 Å². The zero-order valence-corrected chi connectivity index (χ0v) is 25.5. The van der Waals surface area contributed by atoms with Gasteiger partial charge in [0.25, 0.3) is 0 Å². The van der Waals surface area contributed by atoms with Crippen molar-refractivity contribution < 1.29 is 8.83 Å². The summed E-state index contributed by atoms with van der Waals surface area (Å²) in [5.41, 5.74) is 11.1. The lowest BCUT2D eigenvalue weighted by Gasteiger charge is -2.12. The van der Waals surface area contributed by atoms with Crippen LogP contribution in [0.25, 0.3) is 99.9 Å². The molecule has 0 bridgehead atoms. The van der Waals surface area contributed by atoms with Crippen LogP contribution >= 0.6 is 0 Å². The van der Waals surface area contributed by atoms with Crippen molar-refractivity contribution in [1.82, 2.24) is 18.9 Å². The third-order valence-corrected chi connectivity index (χ3v) is 9.54. The fourth-order valence-corrected chi connectivity index (χ4v) is 7.42.